The summed E-state index contributed by atoms with van der Waals surface area (Å²) in [6, 6.07) is 1.49. The van der Waals surface area contributed by atoms with Crippen LogP contribution in [0.25, 0.3) is 0 Å². The third-order valence-corrected chi connectivity index (χ3v) is 2.87. The normalized spacial score (nSPS) is 18.0. The molecule has 0 fully saturated rings. The molecular formula is C11H11ClO4. The number of carbonyl (C=O) groups is 1. The van der Waals surface area contributed by atoms with Gasteiger partial charge in [-0.25, -0.2) is 0 Å². The molecule has 0 spiro atoms. The zero-order chi connectivity index (χ0) is 11.9. The second kappa shape index (κ2) is 3.87. The molecule has 1 aliphatic heterocycles. The third kappa shape index (κ3) is 1.80. The van der Waals surface area contributed by atoms with E-state index >= 15 is 0 Å². The second-order valence-corrected chi connectivity index (χ2v) is 4.28. The highest BCUT2D eigenvalue weighted by Gasteiger charge is 2.27. The van der Waals surface area contributed by atoms with Gasteiger partial charge in [-0.2, -0.15) is 0 Å². The van der Waals surface area contributed by atoms with Crippen LogP contribution >= 0.6 is 11.6 Å². The largest absolute Gasteiger partial charge is 0.504 e. The van der Waals surface area contributed by atoms with Crippen LogP contribution in [0.15, 0.2) is 6.07 Å². The Kier molecular flexibility index (Phi) is 2.68. The van der Waals surface area contributed by atoms with Crippen molar-refractivity contribution in [3.8, 4) is 11.5 Å². The van der Waals surface area contributed by atoms with Crippen molar-refractivity contribution in [3.63, 3.8) is 0 Å². The van der Waals surface area contributed by atoms with Crippen LogP contribution in [0.3, 0.4) is 0 Å². The van der Waals surface area contributed by atoms with Crippen molar-refractivity contribution < 1.29 is 19.7 Å². The highest BCUT2D eigenvalue weighted by atomic mass is 35.5. The number of benzene rings is 1. The van der Waals surface area contributed by atoms with Gasteiger partial charge in [0.25, 0.3) is 0 Å². The number of carboxylic acids is 1. The van der Waals surface area contributed by atoms with Crippen molar-refractivity contribution in [1.29, 1.82) is 0 Å². The van der Waals surface area contributed by atoms with Crippen LogP contribution in [0.1, 0.15) is 18.1 Å². The molecule has 4 nitrogen and oxygen atoms in total. The Balaban J connectivity index is 2.48. The molecule has 5 heteroatoms. The Hall–Kier alpha value is -1.42. The highest BCUT2D eigenvalue weighted by Crippen LogP contribution is 2.43. The topological polar surface area (TPSA) is 66.8 Å². The van der Waals surface area contributed by atoms with Gasteiger partial charge in [0.05, 0.1) is 6.42 Å². The minimum atomic E-state index is -1.02. The molecule has 1 aromatic carbocycles. The number of fused-ring (bicyclic) bond motifs is 1. The first-order chi connectivity index (χ1) is 7.49. The quantitative estimate of drug-likeness (QED) is 0.832. The molecule has 16 heavy (non-hydrogen) atoms. The van der Waals surface area contributed by atoms with E-state index in [4.69, 9.17) is 21.4 Å². The van der Waals surface area contributed by atoms with Crippen molar-refractivity contribution in [2.75, 3.05) is 0 Å². The predicted molar refractivity (Wildman–Crippen MR) is 58.3 cm³/mol. The lowest BCUT2D eigenvalue weighted by Crippen LogP contribution is -2.05. The SMILES string of the molecule is CC1Cc2c(Cl)cc(CC(=O)O)c(O)c2O1. The van der Waals surface area contributed by atoms with E-state index in [-0.39, 0.29) is 23.8 Å². The van der Waals surface area contributed by atoms with Crippen molar-refractivity contribution in [3.05, 3.63) is 22.2 Å². The molecular weight excluding hydrogens is 232 g/mol. The van der Waals surface area contributed by atoms with E-state index in [0.29, 0.717) is 17.2 Å². The molecule has 0 bridgehead atoms. The third-order valence-electron chi connectivity index (χ3n) is 2.53. The lowest BCUT2D eigenvalue weighted by atomic mass is 10.0. The molecule has 86 valence electrons. The lowest BCUT2D eigenvalue weighted by Gasteiger charge is -2.09. The maximum atomic E-state index is 10.6. The van der Waals surface area contributed by atoms with Gasteiger partial charge in [-0.3, -0.25) is 4.79 Å². The van der Waals surface area contributed by atoms with Crippen LogP contribution in [0.5, 0.6) is 11.5 Å². The molecule has 0 saturated heterocycles. The molecule has 1 aliphatic rings. The van der Waals surface area contributed by atoms with Crippen molar-refractivity contribution >= 4 is 17.6 Å². The van der Waals surface area contributed by atoms with Gasteiger partial charge in [0, 0.05) is 22.6 Å². The summed E-state index contributed by atoms with van der Waals surface area (Å²) in [6.45, 7) is 1.87. The average molecular weight is 243 g/mol. The number of carboxylic acid groups (broad SMARTS) is 1. The zero-order valence-electron chi connectivity index (χ0n) is 8.66. The summed E-state index contributed by atoms with van der Waals surface area (Å²) in [5.41, 5.74) is 1.03. The van der Waals surface area contributed by atoms with E-state index in [1.807, 2.05) is 6.92 Å². The van der Waals surface area contributed by atoms with E-state index in [1.54, 1.807) is 0 Å². The lowest BCUT2D eigenvalue weighted by molar-refractivity contribution is -0.136. The predicted octanol–water partition coefficient (Wildman–Crippen LogP) is 2.00. The fourth-order valence-electron chi connectivity index (χ4n) is 1.85. The number of rotatable bonds is 2. The van der Waals surface area contributed by atoms with Gasteiger partial charge in [0.1, 0.15) is 6.10 Å². The first kappa shape index (κ1) is 11.1. The van der Waals surface area contributed by atoms with E-state index < -0.39 is 5.97 Å². The summed E-state index contributed by atoms with van der Waals surface area (Å²) in [4.78, 5) is 10.6. The number of aromatic hydroxyl groups is 1. The number of phenolic OH excluding ortho intramolecular Hbond substituents is 1. The van der Waals surface area contributed by atoms with Gasteiger partial charge in [-0.15, -0.1) is 0 Å². The van der Waals surface area contributed by atoms with Crippen LogP contribution in [-0.4, -0.2) is 22.3 Å². The molecule has 0 aromatic heterocycles. The standard InChI is InChI=1S/C11H11ClO4/c1-5-2-7-8(12)3-6(4-9(13)14)10(15)11(7)16-5/h3,5,15H,2,4H2,1H3,(H,13,14). The van der Waals surface area contributed by atoms with Crippen LogP contribution in [0.4, 0.5) is 0 Å². The Morgan fingerprint density at radius 3 is 3.00 bits per heavy atom. The number of aliphatic carboxylic acids is 1. The van der Waals surface area contributed by atoms with Crippen LogP contribution < -0.4 is 4.74 Å². The second-order valence-electron chi connectivity index (χ2n) is 3.88. The maximum Gasteiger partial charge on any atom is 0.307 e. The van der Waals surface area contributed by atoms with Crippen LogP contribution in [0.2, 0.25) is 5.02 Å². The van der Waals surface area contributed by atoms with Gasteiger partial charge in [0.2, 0.25) is 0 Å². The zero-order valence-corrected chi connectivity index (χ0v) is 9.41. The van der Waals surface area contributed by atoms with Gasteiger partial charge in [-0.05, 0) is 13.0 Å². The monoisotopic (exact) mass is 242 g/mol. The van der Waals surface area contributed by atoms with Gasteiger partial charge < -0.3 is 14.9 Å². The fraction of sp³-hybridized carbons (Fsp3) is 0.364. The minimum Gasteiger partial charge on any atom is -0.504 e. The summed E-state index contributed by atoms with van der Waals surface area (Å²) in [6.07, 6.45) is 0.324. The van der Waals surface area contributed by atoms with Gasteiger partial charge >= 0.3 is 5.97 Å². The summed E-state index contributed by atoms with van der Waals surface area (Å²) < 4.78 is 5.41. The van der Waals surface area contributed by atoms with Crippen molar-refractivity contribution in [1.82, 2.24) is 0 Å². The Labute approximate surface area is 97.4 Å². The van der Waals surface area contributed by atoms with Crippen LogP contribution in [0, 0.1) is 0 Å². The van der Waals surface area contributed by atoms with Crippen molar-refractivity contribution in [2.45, 2.75) is 25.9 Å². The summed E-state index contributed by atoms with van der Waals surface area (Å²) in [5.74, 6) is -0.792. The van der Waals surface area contributed by atoms with E-state index in [0.717, 1.165) is 5.56 Å². The van der Waals surface area contributed by atoms with E-state index in [9.17, 15) is 9.90 Å². The van der Waals surface area contributed by atoms with E-state index in [2.05, 4.69) is 0 Å². The minimum absolute atomic E-state index is 0.0431. The molecule has 0 saturated carbocycles. The molecule has 0 aliphatic carbocycles. The Morgan fingerprint density at radius 1 is 1.69 bits per heavy atom. The Bertz CT molecular complexity index is 456. The number of phenols is 1. The molecule has 2 rings (SSSR count). The molecule has 1 aromatic rings. The highest BCUT2D eigenvalue weighted by molar-refractivity contribution is 6.31. The summed E-state index contributed by atoms with van der Waals surface area (Å²) in [7, 11) is 0. The molecule has 1 heterocycles. The molecule has 0 radical (unpaired) electrons. The summed E-state index contributed by atoms with van der Waals surface area (Å²) >= 11 is 6.01. The number of halogens is 1. The number of hydrogen-bond acceptors (Lipinski definition) is 3. The first-order valence-electron chi connectivity index (χ1n) is 4.90. The smallest absolute Gasteiger partial charge is 0.307 e. The number of hydrogen-bond donors (Lipinski definition) is 2. The van der Waals surface area contributed by atoms with Gasteiger partial charge in [0.15, 0.2) is 11.5 Å². The molecule has 2 N–H and O–H groups in total. The molecule has 1 unspecified atom stereocenters. The number of ether oxygens (including phenoxy) is 1. The van der Waals surface area contributed by atoms with E-state index in [1.165, 1.54) is 6.07 Å². The molecule has 0 amide bonds. The van der Waals surface area contributed by atoms with Crippen LogP contribution in [-0.2, 0) is 17.6 Å². The Morgan fingerprint density at radius 2 is 2.38 bits per heavy atom. The van der Waals surface area contributed by atoms with Crippen molar-refractivity contribution in [2.24, 2.45) is 0 Å². The molecule has 1 atom stereocenters. The van der Waals surface area contributed by atoms with Gasteiger partial charge in [-0.1, -0.05) is 11.6 Å². The summed E-state index contributed by atoms with van der Waals surface area (Å²) in [5, 5.41) is 19.0. The fourth-order valence-corrected chi connectivity index (χ4v) is 2.15. The first-order valence-corrected chi connectivity index (χ1v) is 5.28. The maximum absolute atomic E-state index is 10.6. The average Bonchev–Trinajstić information content (AvgIpc) is 2.56.